The first-order chi connectivity index (χ1) is 6.00. The van der Waals surface area contributed by atoms with Gasteiger partial charge in [0.15, 0.2) is 0 Å². The van der Waals surface area contributed by atoms with E-state index in [1.54, 1.807) is 0 Å². The number of nitrogens with one attached hydrogen (secondary N) is 1. The Morgan fingerprint density at radius 3 is 2.46 bits per heavy atom. The van der Waals surface area contributed by atoms with Gasteiger partial charge in [-0.3, -0.25) is 4.39 Å². The van der Waals surface area contributed by atoms with Gasteiger partial charge in [0.1, 0.15) is 0 Å². The Balaban J connectivity index is 3.46. The zero-order valence-corrected chi connectivity index (χ0v) is 7.02. The molecule has 0 unspecified atom stereocenters. The van der Waals surface area contributed by atoms with Crippen molar-refractivity contribution in [2.45, 2.75) is 18.8 Å². The summed E-state index contributed by atoms with van der Waals surface area (Å²) in [6, 6.07) is 0. The van der Waals surface area contributed by atoms with Crippen LogP contribution < -0.4 is 5.32 Å². The Labute approximate surface area is 73.9 Å². The third-order valence-electron chi connectivity index (χ3n) is 1.40. The zero-order chi connectivity index (χ0) is 10.3. The predicted molar refractivity (Wildman–Crippen MR) is 40.7 cm³/mol. The molecule has 0 radical (unpaired) electrons. The van der Waals surface area contributed by atoms with Crippen molar-refractivity contribution in [3.63, 3.8) is 0 Å². The van der Waals surface area contributed by atoms with Gasteiger partial charge in [0, 0.05) is 0 Å². The molecule has 0 saturated carbocycles. The SMILES string of the molecule is O=C(O)C(F)(F)CNCCCCF. The number of hydrogen-bond donors (Lipinski definition) is 2. The van der Waals surface area contributed by atoms with Crippen molar-refractivity contribution in [3.8, 4) is 0 Å². The second-order valence-corrected chi connectivity index (χ2v) is 2.58. The molecule has 78 valence electrons. The van der Waals surface area contributed by atoms with Gasteiger partial charge < -0.3 is 10.4 Å². The molecule has 0 aliphatic rings. The van der Waals surface area contributed by atoms with E-state index in [0.29, 0.717) is 12.8 Å². The van der Waals surface area contributed by atoms with E-state index >= 15 is 0 Å². The van der Waals surface area contributed by atoms with E-state index in [2.05, 4.69) is 5.32 Å². The molecular weight excluding hydrogens is 187 g/mol. The van der Waals surface area contributed by atoms with Gasteiger partial charge in [-0.15, -0.1) is 0 Å². The minimum absolute atomic E-state index is 0.201. The highest BCUT2D eigenvalue weighted by Crippen LogP contribution is 2.11. The summed E-state index contributed by atoms with van der Waals surface area (Å²) in [5, 5.41) is 10.2. The third kappa shape index (κ3) is 5.46. The maximum absolute atomic E-state index is 12.3. The maximum Gasteiger partial charge on any atom is 0.375 e. The van der Waals surface area contributed by atoms with Crippen molar-refractivity contribution in [1.29, 1.82) is 0 Å². The van der Waals surface area contributed by atoms with Crippen molar-refractivity contribution in [2.75, 3.05) is 19.8 Å². The van der Waals surface area contributed by atoms with Gasteiger partial charge in [-0.05, 0) is 19.4 Å². The molecule has 3 nitrogen and oxygen atoms in total. The van der Waals surface area contributed by atoms with Crippen LogP contribution >= 0.6 is 0 Å². The molecular formula is C7H12F3NO2. The highest BCUT2D eigenvalue weighted by atomic mass is 19.3. The van der Waals surface area contributed by atoms with Gasteiger partial charge in [-0.25, -0.2) is 4.79 Å². The number of carboxylic acids is 1. The molecule has 0 heterocycles. The molecule has 0 fully saturated rings. The average Bonchev–Trinajstić information content (AvgIpc) is 2.03. The first-order valence-corrected chi connectivity index (χ1v) is 3.88. The number of alkyl halides is 3. The molecule has 0 bridgehead atoms. The van der Waals surface area contributed by atoms with Crippen LogP contribution in [0.5, 0.6) is 0 Å². The molecule has 2 N–H and O–H groups in total. The second kappa shape index (κ2) is 5.80. The van der Waals surface area contributed by atoms with Crippen molar-refractivity contribution < 1.29 is 23.1 Å². The fourth-order valence-electron chi connectivity index (χ4n) is 0.665. The van der Waals surface area contributed by atoms with Crippen LogP contribution in [0, 0.1) is 0 Å². The average molecular weight is 199 g/mol. The largest absolute Gasteiger partial charge is 0.477 e. The highest BCUT2D eigenvalue weighted by Gasteiger charge is 2.37. The summed E-state index contributed by atoms with van der Waals surface area (Å²) in [5.41, 5.74) is 0. The summed E-state index contributed by atoms with van der Waals surface area (Å²) in [4.78, 5) is 9.89. The molecule has 0 aromatic carbocycles. The van der Waals surface area contributed by atoms with E-state index in [0.717, 1.165) is 0 Å². The van der Waals surface area contributed by atoms with Crippen molar-refractivity contribution in [1.82, 2.24) is 5.32 Å². The van der Waals surface area contributed by atoms with E-state index < -0.39 is 25.1 Å². The number of rotatable bonds is 7. The molecule has 0 aromatic heterocycles. The third-order valence-corrected chi connectivity index (χ3v) is 1.40. The van der Waals surface area contributed by atoms with E-state index in [4.69, 9.17) is 5.11 Å². The molecule has 0 amide bonds. The second-order valence-electron chi connectivity index (χ2n) is 2.58. The topological polar surface area (TPSA) is 49.3 Å². The van der Waals surface area contributed by atoms with Gasteiger partial charge >= 0.3 is 11.9 Å². The van der Waals surface area contributed by atoms with E-state index in [1.807, 2.05) is 0 Å². The lowest BCUT2D eigenvalue weighted by molar-refractivity contribution is -0.164. The minimum atomic E-state index is -3.74. The Morgan fingerprint density at radius 2 is 2.00 bits per heavy atom. The standard InChI is InChI=1S/C7H12F3NO2/c8-3-1-2-4-11-5-7(9,10)6(12)13/h11H,1-5H2,(H,12,13). The lowest BCUT2D eigenvalue weighted by Gasteiger charge is -2.11. The van der Waals surface area contributed by atoms with Gasteiger partial charge in [0.2, 0.25) is 0 Å². The molecule has 0 rings (SSSR count). The number of halogens is 3. The van der Waals surface area contributed by atoms with Crippen LogP contribution in [0.1, 0.15) is 12.8 Å². The summed E-state index contributed by atoms with van der Waals surface area (Å²) in [7, 11) is 0. The highest BCUT2D eigenvalue weighted by molar-refractivity contribution is 5.75. The molecule has 0 saturated heterocycles. The predicted octanol–water partition coefficient (Wildman–Crippen LogP) is 1.05. The summed E-state index contributed by atoms with van der Waals surface area (Å²) in [6.45, 7) is -1.20. The first-order valence-electron chi connectivity index (χ1n) is 3.88. The monoisotopic (exact) mass is 199 g/mol. The van der Waals surface area contributed by atoms with E-state index in [1.165, 1.54) is 0 Å². The molecule has 0 aliphatic carbocycles. The van der Waals surface area contributed by atoms with Crippen LogP contribution in [-0.4, -0.2) is 36.8 Å². The van der Waals surface area contributed by atoms with Crippen LogP contribution in [0.3, 0.4) is 0 Å². The fourth-order valence-corrected chi connectivity index (χ4v) is 0.665. The smallest absolute Gasteiger partial charge is 0.375 e. The number of unbranched alkanes of at least 4 members (excludes halogenated alkanes) is 1. The van der Waals surface area contributed by atoms with Gasteiger partial charge in [-0.2, -0.15) is 8.78 Å². The number of hydrogen-bond acceptors (Lipinski definition) is 2. The maximum atomic E-state index is 12.3. The summed E-state index contributed by atoms with van der Waals surface area (Å²) in [6.07, 6.45) is 0.720. The van der Waals surface area contributed by atoms with Crippen LogP contribution in [0.15, 0.2) is 0 Å². The summed E-state index contributed by atoms with van der Waals surface area (Å²) >= 11 is 0. The van der Waals surface area contributed by atoms with Gasteiger partial charge in [0.05, 0.1) is 13.2 Å². The quantitative estimate of drug-likeness (QED) is 0.602. The van der Waals surface area contributed by atoms with E-state index in [-0.39, 0.29) is 6.54 Å². The van der Waals surface area contributed by atoms with Crippen LogP contribution in [0.25, 0.3) is 0 Å². The Kier molecular flexibility index (Phi) is 5.45. The lowest BCUT2D eigenvalue weighted by atomic mass is 10.3. The molecule has 13 heavy (non-hydrogen) atoms. The first kappa shape index (κ1) is 12.2. The van der Waals surface area contributed by atoms with Crippen molar-refractivity contribution in [3.05, 3.63) is 0 Å². The van der Waals surface area contributed by atoms with Gasteiger partial charge in [-0.1, -0.05) is 0 Å². The number of carbonyl (C=O) groups is 1. The van der Waals surface area contributed by atoms with Crippen molar-refractivity contribution >= 4 is 5.97 Å². The Hall–Kier alpha value is -0.780. The normalized spacial score (nSPS) is 11.6. The lowest BCUT2D eigenvalue weighted by Crippen LogP contribution is -2.40. The fraction of sp³-hybridized carbons (Fsp3) is 0.857. The Bertz CT molecular complexity index is 164. The summed E-state index contributed by atoms with van der Waals surface area (Å²) in [5.74, 6) is -5.89. The summed E-state index contributed by atoms with van der Waals surface area (Å²) < 4.78 is 36.2. The van der Waals surface area contributed by atoms with Crippen molar-refractivity contribution in [2.24, 2.45) is 0 Å². The minimum Gasteiger partial charge on any atom is -0.477 e. The number of carboxylic acid groups (broad SMARTS) is 1. The molecule has 0 aromatic rings. The molecule has 0 aliphatic heterocycles. The van der Waals surface area contributed by atoms with E-state index in [9.17, 15) is 18.0 Å². The zero-order valence-electron chi connectivity index (χ0n) is 7.02. The molecule has 0 atom stereocenters. The van der Waals surface area contributed by atoms with Crippen LogP contribution in [0.4, 0.5) is 13.2 Å². The van der Waals surface area contributed by atoms with Crippen LogP contribution in [-0.2, 0) is 4.79 Å². The van der Waals surface area contributed by atoms with Crippen LogP contribution in [0.2, 0.25) is 0 Å². The number of aliphatic carboxylic acids is 1. The van der Waals surface area contributed by atoms with Gasteiger partial charge in [0.25, 0.3) is 0 Å². The Morgan fingerprint density at radius 1 is 1.38 bits per heavy atom. The molecule has 0 spiro atoms. The molecule has 6 heteroatoms.